The van der Waals surface area contributed by atoms with Gasteiger partial charge in [-0.15, -0.1) is 0 Å². The molecule has 4 saturated carbocycles. The molecule has 1 heterocycles. The number of allylic oxidation sites excluding steroid dienone is 3. The SMILES string of the molecule is C=C(C)C1CCC2(NCCN3CCCN(S(C)(=O)=O)CC3)CCC3(C)C(CCC4C5(C)CC=C(c6ccc(C(=O)O)cc6)C(C)(C)C5CCC43C)C12. The molecule has 5 aliphatic carbocycles. The fraction of sp³-hybridized carbons (Fsp3) is 0.750. The summed E-state index contributed by atoms with van der Waals surface area (Å²) in [5, 5.41) is 13.8. The lowest BCUT2D eigenvalue weighted by Crippen LogP contribution is -2.68. The number of rotatable bonds is 8. The van der Waals surface area contributed by atoms with E-state index in [-0.39, 0.29) is 27.2 Å². The van der Waals surface area contributed by atoms with Crippen molar-refractivity contribution in [3.8, 4) is 0 Å². The summed E-state index contributed by atoms with van der Waals surface area (Å²) in [6.45, 7) is 24.8. The molecule has 5 fully saturated rings. The highest BCUT2D eigenvalue weighted by atomic mass is 32.2. The highest BCUT2D eigenvalue weighted by Gasteiger charge is 2.70. The van der Waals surface area contributed by atoms with Gasteiger partial charge in [0.1, 0.15) is 0 Å². The maximum absolute atomic E-state index is 12.2. The molecule has 288 valence electrons. The lowest BCUT2D eigenvalue weighted by molar-refractivity contribution is -0.219. The molecule has 2 N–H and O–H groups in total. The first-order valence-electron chi connectivity index (χ1n) is 20.5. The second-order valence-corrected chi connectivity index (χ2v) is 21.5. The molecule has 7 nitrogen and oxygen atoms in total. The Balaban J connectivity index is 1.12. The van der Waals surface area contributed by atoms with Crippen LogP contribution in [0.5, 0.6) is 0 Å². The number of aromatic carboxylic acids is 1. The van der Waals surface area contributed by atoms with E-state index < -0.39 is 16.0 Å². The Hall–Kier alpha value is -2.00. The van der Waals surface area contributed by atoms with Crippen molar-refractivity contribution < 1.29 is 18.3 Å². The number of nitrogens with zero attached hydrogens (tertiary/aromatic N) is 2. The molecular formula is C44H67N3O4S. The van der Waals surface area contributed by atoms with Gasteiger partial charge in [0.2, 0.25) is 10.0 Å². The second-order valence-electron chi connectivity index (χ2n) is 19.6. The fourth-order valence-electron chi connectivity index (χ4n) is 14.3. The molecule has 9 atom stereocenters. The van der Waals surface area contributed by atoms with Gasteiger partial charge in [-0.05, 0) is 152 Å². The normalized spacial score (nSPS) is 40.8. The molecule has 8 heteroatoms. The first-order valence-corrected chi connectivity index (χ1v) is 22.3. The van der Waals surface area contributed by atoms with Gasteiger partial charge in [0.15, 0.2) is 0 Å². The molecule has 0 spiro atoms. The number of hydrogen-bond donors (Lipinski definition) is 2. The van der Waals surface area contributed by atoms with Gasteiger partial charge in [0, 0.05) is 38.3 Å². The van der Waals surface area contributed by atoms with Crippen LogP contribution in [0.15, 0.2) is 42.5 Å². The smallest absolute Gasteiger partial charge is 0.335 e. The first-order chi connectivity index (χ1) is 24.4. The van der Waals surface area contributed by atoms with Crippen molar-refractivity contribution in [3.05, 3.63) is 53.6 Å². The van der Waals surface area contributed by atoms with Crippen LogP contribution in [0.3, 0.4) is 0 Å². The highest BCUT2D eigenvalue weighted by molar-refractivity contribution is 7.88. The number of carbonyl (C=O) groups is 1. The third-order valence-corrected chi connectivity index (χ3v) is 18.3. The largest absolute Gasteiger partial charge is 0.478 e. The Kier molecular flexibility index (Phi) is 9.82. The number of carboxylic acid groups (broad SMARTS) is 1. The summed E-state index contributed by atoms with van der Waals surface area (Å²) in [5.74, 6) is 2.24. The summed E-state index contributed by atoms with van der Waals surface area (Å²) in [7, 11) is -3.14. The zero-order valence-electron chi connectivity index (χ0n) is 33.3. The van der Waals surface area contributed by atoms with E-state index in [1.165, 1.54) is 74.3 Å². The van der Waals surface area contributed by atoms with Crippen LogP contribution in [-0.4, -0.2) is 79.8 Å². The molecule has 0 bridgehead atoms. The van der Waals surface area contributed by atoms with E-state index in [0.717, 1.165) is 39.0 Å². The van der Waals surface area contributed by atoms with E-state index in [1.54, 1.807) is 16.4 Å². The van der Waals surface area contributed by atoms with Crippen LogP contribution < -0.4 is 5.32 Å². The van der Waals surface area contributed by atoms with E-state index in [4.69, 9.17) is 0 Å². The van der Waals surface area contributed by atoms with Crippen LogP contribution in [0, 0.1) is 51.2 Å². The highest BCUT2D eigenvalue weighted by Crippen LogP contribution is 2.76. The van der Waals surface area contributed by atoms with Gasteiger partial charge < -0.3 is 15.3 Å². The minimum absolute atomic E-state index is 0.00934. The summed E-state index contributed by atoms with van der Waals surface area (Å²) in [6, 6.07) is 7.60. The van der Waals surface area contributed by atoms with Crippen molar-refractivity contribution in [2.75, 3.05) is 45.5 Å². The zero-order valence-corrected chi connectivity index (χ0v) is 34.1. The molecule has 0 radical (unpaired) electrons. The van der Waals surface area contributed by atoms with Crippen molar-refractivity contribution in [1.29, 1.82) is 0 Å². The second kappa shape index (κ2) is 13.3. The van der Waals surface area contributed by atoms with E-state index >= 15 is 0 Å². The Morgan fingerprint density at radius 1 is 0.904 bits per heavy atom. The maximum Gasteiger partial charge on any atom is 0.335 e. The quantitative estimate of drug-likeness (QED) is 0.261. The molecule has 1 saturated heterocycles. The summed E-state index contributed by atoms with van der Waals surface area (Å²) in [4.78, 5) is 14.1. The summed E-state index contributed by atoms with van der Waals surface area (Å²) in [6.07, 6.45) is 16.0. The van der Waals surface area contributed by atoms with Crippen LogP contribution >= 0.6 is 0 Å². The van der Waals surface area contributed by atoms with Crippen molar-refractivity contribution in [3.63, 3.8) is 0 Å². The Morgan fingerprint density at radius 2 is 1.63 bits per heavy atom. The molecule has 0 aromatic heterocycles. The number of benzene rings is 1. The van der Waals surface area contributed by atoms with Crippen molar-refractivity contribution in [2.45, 2.75) is 111 Å². The van der Waals surface area contributed by atoms with Crippen LogP contribution in [-0.2, 0) is 10.0 Å². The molecule has 9 unspecified atom stereocenters. The molecular weight excluding hydrogens is 667 g/mol. The van der Waals surface area contributed by atoms with Crippen LogP contribution in [0.4, 0.5) is 0 Å². The fourth-order valence-corrected chi connectivity index (χ4v) is 15.2. The number of sulfonamides is 1. The summed E-state index contributed by atoms with van der Waals surface area (Å²) in [5.41, 5.74) is 5.24. The number of nitrogens with one attached hydrogen (secondary N) is 1. The number of carboxylic acids is 1. The molecule has 1 aromatic rings. The van der Waals surface area contributed by atoms with E-state index in [0.29, 0.717) is 48.2 Å². The monoisotopic (exact) mass is 733 g/mol. The Bertz CT molecular complexity index is 1700. The van der Waals surface area contributed by atoms with Crippen molar-refractivity contribution in [1.82, 2.24) is 14.5 Å². The van der Waals surface area contributed by atoms with Gasteiger partial charge in [0.25, 0.3) is 0 Å². The number of fused-ring (bicyclic) bond motifs is 7. The standard InChI is InChI=1S/C44H67N3O4S/c1-30(2)33-16-21-44(45-24-27-46-25-9-26-47(29-28-46)52(8,50)51)23-22-42(6)35(38(33)44)14-15-37-41(5)19-17-34(31-10-12-32(13-11-31)39(48)49)40(3,4)36(41)18-20-43(37,42)7/h10-13,17,33,35-38,45H,1,9,14-16,18-29H2,2-8H3,(H,48,49). The van der Waals surface area contributed by atoms with Gasteiger partial charge >= 0.3 is 5.97 Å². The van der Waals surface area contributed by atoms with Crippen LogP contribution in [0.25, 0.3) is 5.57 Å². The first kappa shape index (κ1) is 38.3. The lowest BCUT2D eigenvalue weighted by atomic mass is 9.33. The molecule has 1 aromatic carbocycles. The predicted octanol–water partition coefficient (Wildman–Crippen LogP) is 8.35. The third-order valence-electron chi connectivity index (χ3n) is 17.0. The average Bonchev–Trinajstić information content (AvgIpc) is 3.28. The van der Waals surface area contributed by atoms with Crippen LogP contribution in [0.2, 0.25) is 0 Å². The van der Waals surface area contributed by atoms with Gasteiger partial charge in [0.05, 0.1) is 11.8 Å². The number of hydrogen-bond acceptors (Lipinski definition) is 5. The molecule has 52 heavy (non-hydrogen) atoms. The summed E-state index contributed by atoms with van der Waals surface area (Å²) >= 11 is 0. The Morgan fingerprint density at radius 3 is 2.31 bits per heavy atom. The minimum atomic E-state index is -3.14. The topological polar surface area (TPSA) is 90.0 Å². The van der Waals surface area contributed by atoms with E-state index in [9.17, 15) is 18.3 Å². The predicted molar refractivity (Wildman–Crippen MR) is 212 cm³/mol. The van der Waals surface area contributed by atoms with Crippen LogP contribution in [0.1, 0.15) is 122 Å². The van der Waals surface area contributed by atoms with Gasteiger partial charge in [-0.25, -0.2) is 17.5 Å². The lowest BCUT2D eigenvalue weighted by Gasteiger charge is -2.72. The summed E-state index contributed by atoms with van der Waals surface area (Å²) < 4.78 is 26.1. The molecule has 0 amide bonds. The average molecular weight is 734 g/mol. The zero-order chi connectivity index (χ0) is 37.5. The minimum Gasteiger partial charge on any atom is -0.478 e. The van der Waals surface area contributed by atoms with E-state index in [1.807, 2.05) is 12.1 Å². The van der Waals surface area contributed by atoms with Gasteiger partial charge in [-0.2, -0.15) is 0 Å². The maximum atomic E-state index is 12.2. The molecule has 1 aliphatic heterocycles. The van der Waals surface area contributed by atoms with Gasteiger partial charge in [-0.1, -0.05) is 65.0 Å². The molecule has 6 aliphatic rings. The molecule has 7 rings (SSSR count). The van der Waals surface area contributed by atoms with E-state index in [2.05, 4.69) is 64.4 Å². The third kappa shape index (κ3) is 5.99. The van der Waals surface area contributed by atoms with Crippen molar-refractivity contribution in [2.24, 2.45) is 51.2 Å². The Labute approximate surface area is 315 Å². The van der Waals surface area contributed by atoms with Gasteiger partial charge in [-0.3, -0.25) is 0 Å². The van der Waals surface area contributed by atoms with Crippen molar-refractivity contribution >= 4 is 21.6 Å².